The van der Waals surface area contributed by atoms with Gasteiger partial charge < -0.3 is 10.2 Å². The molecule has 0 heterocycles. The van der Waals surface area contributed by atoms with E-state index in [-0.39, 0.29) is 22.3 Å². The van der Waals surface area contributed by atoms with E-state index in [4.69, 9.17) is 0 Å². The highest BCUT2D eigenvalue weighted by Gasteiger charge is 2.24. The van der Waals surface area contributed by atoms with Crippen LogP contribution in [-0.4, -0.2) is 28.9 Å². The Bertz CT molecular complexity index is 1260. The number of rotatable bonds is 5. The Morgan fingerprint density at radius 2 is 1.32 bits per heavy atom. The number of para-hydroxylation sites is 2. The van der Waals surface area contributed by atoms with Crippen LogP contribution in [-0.2, 0) is 10.8 Å². The van der Waals surface area contributed by atoms with Crippen LogP contribution in [0.2, 0.25) is 0 Å². The van der Waals surface area contributed by atoms with Crippen LogP contribution in [0.1, 0.15) is 74.2 Å². The molecule has 0 fully saturated rings. The first-order valence-corrected chi connectivity index (χ1v) is 11.2. The molecule has 0 aliphatic rings. The average molecular weight is 457 g/mol. The molecule has 0 atom stereocenters. The number of carbonyl (C=O) groups excluding carboxylic acids is 1. The normalized spacial score (nSPS) is 12.5. The van der Waals surface area contributed by atoms with Gasteiger partial charge >= 0.3 is 0 Å². The molecule has 5 heteroatoms. The highest BCUT2D eigenvalue weighted by molar-refractivity contribution is 5.91. The van der Waals surface area contributed by atoms with E-state index in [0.717, 1.165) is 17.4 Å². The van der Waals surface area contributed by atoms with Crippen molar-refractivity contribution in [3.05, 3.63) is 82.4 Å². The molecule has 0 aliphatic carbocycles. The summed E-state index contributed by atoms with van der Waals surface area (Å²) in [6.45, 7) is 12.7. The van der Waals surface area contributed by atoms with E-state index < -0.39 is 0 Å². The SMILES string of the molecule is CC(C)(C)c1cc(C=Nc2ccccc2N=Cc2cc(C=O)ccc2O)c(O)c(C(C)(C)C)c1. The van der Waals surface area contributed by atoms with Crippen LogP contribution in [0.4, 0.5) is 11.4 Å². The van der Waals surface area contributed by atoms with Crippen molar-refractivity contribution in [3.63, 3.8) is 0 Å². The molecule has 0 saturated carbocycles. The fraction of sp³-hybridized carbons (Fsp3) is 0.276. The van der Waals surface area contributed by atoms with Gasteiger partial charge in [0.25, 0.3) is 0 Å². The molecule has 0 aromatic heterocycles. The number of hydrogen-bond donors (Lipinski definition) is 2. The van der Waals surface area contributed by atoms with E-state index in [1.165, 1.54) is 12.3 Å². The fourth-order valence-corrected chi connectivity index (χ4v) is 3.47. The molecule has 0 unspecified atom stereocenters. The fourth-order valence-electron chi connectivity index (χ4n) is 3.47. The zero-order valence-corrected chi connectivity index (χ0v) is 20.6. The molecule has 3 rings (SSSR count). The van der Waals surface area contributed by atoms with Gasteiger partial charge in [-0.1, -0.05) is 59.7 Å². The van der Waals surface area contributed by atoms with Crippen LogP contribution < -0.4 is 0 Å². The molecular formula is C29H32N2O3. The zero-order valence-electron chi connectivity index (χ0n) is 20.6. The molecule has 0 aliphatic heterocycles. The second-order valence-corrected chi connectivity index (χ2v) is 10.4. The van der Waals surface area contributed by atoms with Crippen LogP contribution in [0.3, 0.4) is 0 Å². The summed E-state index contributed by atoms with van der Waals surface area (Å²) in [5.74, 6) is 0.259. The van der Waals surface area contributed by atoms with Gasteiger partial charge in [0.05, 0.1) is 11.4 Å². The van der Waals surface area contributed by atoms with Crippen molar-refractivity contribution in [2.75, 3.05) is 0 Å². The third-order valence-electron chi connectivity index (χ3n) is 5.57. The summed E-state index contributed by atoms with van der Waals surface area (Å²) in [7, 11) is 0. The Morgan fingerprint density at radius 1 is 0.735 bits per heavy atom. The van der Waals surface area contributed by atoms with Gasteiger partial charge in [-0.05, 0) is 52.8 Å². The number of aldehydes is 1. The number of aromatic hydroxyl groups is 2. The Kier molecular flexibility index (Phi) is 7.06. The summed E-state index contributed by atoms with van der Waals surface area (Å²) < 4.78 is 0. The predicted octanol–water partition coefficient (Wildman–Crippen LogP) is 7.01. The van der Waals surface area contributed by atoms with Gasteiger partial charge in [0.1, 0.15) is 17.8 Å². The van der Waals surface area contributed by atoms with Gasteiger partial charge in [0.15, 0.2) is 0 Å². The van der Waals surface area contributed by atoms with Gasteiger partial charge in [0, 0.05) is 34.7 Å². The summed E-state index contributed by atoms with van der Waals surface area (Å²) in [5, 5.41) is 21.1. The summed E-state index contributed by atoms with van der Waals surface area (Å²) in [6, 6.07) is 16.0. The Balaban J connectivity index is 2.03. The van der Waals surface area contributed by atoms with Crippen molar-refractivity contribution < 1.29 is 15.0 Å². The second kappa shape index (κ2) is 9.64. The van der Waals surface area contributed by atoms with Gasteiger partial charge in [0.2, 0.25) is 0 Å². The van der Waals surface area contributed by atoms with Gasteiger partial charge in [-0.2, -0.15) is 0 Å². The molecule has 176 valence electrons. The van der Waals surface area contributed by atoms with Crippen LogP contribution in [0.5, 0.6) is 11.5 Å². The van der Waals surface area contributed by atoms with Crippen LogP contribution >= 0.6 is 0 Å². The molecular weight excluding hydrogens is 424 g/mol. The van der Waals surface area contributed by atoms with Crippen LogP contribution in [0.25, 0.3) is 0 Å². The van der Waals surface area contributed by atoms with E-state index in [1.54, 1.807) is 18.3 Å². The molecule has 0 bridgehead atoms. The van der Waals surface area contributed by atoms with Crippen molar-refractivity contribution in [1.29, 1.82) is 0 Å². The standard InChI is InChI=1S/C29H32N2O3/c1-28(2,3)22-14-21(27(34)23(15-22)29(4,5)6)17-31-25-10-8-7-9-24(25)30-16-20-13-19(18-32)11-12-26(20)33/h7-18,33-34H,1-6H3. The van der Waals surface area contributed by atoms with E-state index in [9.17, 15) is 15.0 Å². The number of aliphatic imine (C=N–C) groups is 2. The number of phenols is 2. The van der Waals surface area contributed by atoms with Crippen LogP contribution in [0.15, 0.2) is 64.6 Å². The van der Waals surface area contributed by atoms with E-state index in [2.05, 4.69) is 57.6 Å². The number of hydrogen-bond acceptors (Lipinski definition) is 5. The average Bonchev–Trinajstić information content (AvgIpc) is 2.76. The van der Waals surface area contributed by atoms with E-state index in [0.29, 0.717) is 28.1 Å². The molecule has 3 aromatic carbocycles. The minimum atomic E-state index is -0.228. The maximum atomic E-state index is 11.1. The maximum absolute atomic E-state index is 11.1. The molecule has 0 amide bonds. The summed E-state index contributed by atoms with van der Waals surface area (Å²) in [5.41, 5.74) is 4.42. The smallest absolute Gasteiger partial charge is 0.150 e. The second-order valence-electron chi connectivity index (χ2n) is 10.4. The lowest BCUT2D eigenvalue weighted by atomic mass is 9.79. The molecule has 3 aromatic rings. The molecule has 2 N–H and O–H groups in total. The van der Waals surface area contributed by atoms with Gasteiger partial charge in [-0.15, -0.1) is 0 Å². The molecule has 0 saturated heterocycles. The number of benzene rings is 3. The lowest BCUT2D eigenvalue weighted by molar-refractivity contribution is 0.112. The Hall–Kier alpha value is -3.73. The van der Waals surface area contributed by atoms with Gasteiger partial charge in [-0.25, -0.2) is 0 Å². The van der Waals surface area contributed by atoms with Crippen molar-refractivity contribution in [1.82, 2.24) is 0 Å². The van der Waals surface area contributed by atoms with Crippen molar-refractivity contribution in [3.8, 4) is 11.5 Å². The number of carbonyl (C=O) groups is 1. The first-order chi connectivity index (χ1) is 15.9. The number of nitrogens with zero attached hydrogens (tertiary/aromatic N) is 2. The Morgan fingerprint density at radius 3 is 1.85 bits per heavy atom. The lowest BCUT2D eigenvalue weighted by Crippen LogP contribution is -2.17. The first-order valence-electron chi connectivity index (χ1n) is 11.2. The Labute approximate surface area is 201 Å². The van der Waals surface area contributed by atoms with Crippen molar-refractivity contribution >= 4 is 30.1 Å². The molecule has 0 spiro atoms. The third-order valence-corrected chi connectivity index (χ3v) is 5.57. The van der Waals surface area contributed by atoms with Crippen molar-refractivity contribution in [2.45, 2.75) is 52.4 Å². The predicted molar refractivity (Wildman–Crippen MR) is 140 cm³/mol. The highest BCUT2D eigenvalue weighted by atomic mass is 16.3. The lowest BCUT2D eigenvalue weighted by Gasteiger charge is -2.27. The maximum Gasteiger partial charge on any atom is 0.150 e. The molecule has 0 radical (unpaired) electrons. The van der Waals surface area contributed by atoms with Gasteiger partial charge in [-0.3, -0.25) is 14.8 Å². The molecule has 5 nitrogen and oxygen atoms in total. The monoisotopic (exact) mass is 456 g/mol. The third kappa shape index (κ3) is 5.79. The summed E-state index contributed by atoms with van der Waals surface area (Å²) in [6.07, 6.45) is 3.89. The van der Waals surface area contributed by atoms with E-state index >= 15 is 0 Å². The minimum Gasteiger partial charge on any atom is -0.507 e. The van der Waals surface area contributed by atoms with Crippen LogP contribution in [0, 0.1) is 0 Å². The summed E-state index contributed by atoms with van der Waals surface area (Å²) >= 11 is 0. The zero-order chi connectivity index (χ0) is 25.1. The largest absolute Gasteiger partial charge is 0.507 e. The number of phenolic OH excluding ortho intramolecular Hbond substituents is 2. The van der Waals surface area contributed by atoms with Crippen molar-refractivity contribution in [2.24, 2.45) is 9.98 Å². The molecule has 34 heavy (non-hydrogen) atoms. The minimum absolute atomic E-state index is 0.0361. The highest BCUT2D eigenvalue weighted by Crippen LogP contribution is 2.37. The first kappa shape index (κ1) is 24.9. The quantitative estimate of drug-likeness (QED) is 0.320. The summed E-state index contributed by atoms with van der Waals surface area (Å²) in [4.78, 5) is 20.2. The van der Waals surface area contributed by atoms with E-state index in [1.807, 2.05) is 30.3 Å². The topological polar surface area (TPSA) is 82.2 Å².